The summed E-state index contributed by atoms with van der Waals surface area (Å²) in [6.45, 7) is 9.27. The lowest BCUT2D eigenvalue weighted by atomic mass is 9.72. The number of anilines is 6. The molecule has 2 heterocycles. The predicted molar refractivity (Wildman–Crippen MR) is 217 cm³/mol. The monoisotopic (exact) mass is 708 g/mol. The Hall–Kier alpha value is -5.91. The molecule has 0 amide bonds. The van der Waals surface area contributed by atoms with Crippen molar-refractivity contribution >= 4 is 44.0 Å². The molecule has 0 bridgehead atoms. The van der Waals surface area contributed by atoms with E-state index in [9.17, 15) is 8.42 Å². The van der Waals surface area contributed by atoms with Crippen LogP contribution in [0.5, 0.6) is 0 Å². The molecule has 0 fully saturated rings. The van der Waals surface area contributed by atoms with Crippen LogP contribution in [-0.4, -0.2) is 8.42 Å². The lowest BCUT2D eigenvalue weighted by Gasteiger charge is -2.44. The zero-order valence-electron chi connectivity index (χ0n) is 30.3. The van der Waals surface area contributed by atoms with E-state index in [0.717, 1.165) is 33.9 Å². The van der Waals surface area contributed by atoms with Crippen molar-refractivity contribution in [1.82, 2.24) is 0 Å². The Morgan fingerprint density at radius 3 is 1.43 bits per heavy atom. The fourth-order valence-electron chi connectivity index (χ4n) is 8.41. The van der Waals surface area contributed by atoms with Crippen molar-refractivity contribution in [2.24, 2.45) is 0 Å². The van der Waals surface area contributed by atoms with Crippen LogP contribution in [0.4, 0.5) is 34.1 Å². The highest BCUT2D eigenvalue weighted by Crippen LogP contribution is 2.56. The maximum absolute atomic E-state index is 13.3. The number of hydrogen-bond acceptors (Lipinski definition) is 4. The third-order valence-electron chi connectivity index (χ3n) is 11.3. The van der Waals surface area contributed by atoms with Crippen molar-refractivity contribution in [3.63, 3.8) is 0 Å². The van der Waals surface area contributed by atoms with Gasteiger partial charge in [-0.15, -0.1) is 0 Å². The van der Waals surface area contributed by atoms with Crippen molar-refractivity contribution in [1.29, 1.82) is 0 Å². The number of nitrogens with zero attached hydrogens (tertiary/aromatic N) is 2. The molecule has 0 saturated carbocycles. The van der Waals surface area contributed by atoms with E-state index in [1.54, 1.807) is 36.4 Å². The first kappa shape index (κ1) is 33.0. The van der Waals surface area contributed by atoms with Gasteiger partial charge in [0.2, 0.25) is 9.84 Å². The highest BCUT2D eigenvalue weighted by atomic mass is 32.2. The lowest BCUT2D eigenvalue weighted by molar-refractivity contribution is 0.596. The summed E-state index contributed by atoms with van der Waals surface area (Å²) in [7, 11) is -3.61. The largest absolute Gasteiger partial charge is 0.310 e. The van der Waals surface area contributed by atoms with Crippen molar-refractivity contribution in [2.45, 2.75) is 48.3 Å². The maximum Gasteiger partial charge on any atom is 0.206 e. The number of hydrogen-bond donors (Lipinski definition) is 0. The molecule has 2 aliphatic heterocycles. The number of fused-ring (bicyclic) bond motifs is 4. The molecule has 0 radical (unpaired) electrons. The van der Waals surface area contributed by atoms with Crippen LogP contribution in [-0.2, 0) is 20.7 Å². The van der Waals surface area contributed by atoms with E-state index in [0.29, 0.717) is 4.90 Å². The smallest absolute Gasteiger partial charge is 0.206 e. The maximum atomic E-state index is 13.3. The van der Waals surface area contributed by atoms with Crippen LogP contribution in [0.2, 0.25) is 0 Å². The van der Waals surface area contributed by atoms with Gasteiger partial charge in [-0.25, -0.2) is 8.42 Å². The van der Waals surface area contributed by atoms with Gasteiger partial charge in [0, 0.05) is 22.2 Å². The summed E-state index contributed by atoms with van der Waals surface area (Å²) in [5.74, 6) is 0. The molecule has 4 nitrogen and oxygen atoms in total. The number of benzene rings is 7. The first-order valence-corrected chi connectivity index (χ1v) is 19.6. The van der Waals surface area contributed by atoms with Gasteiger partial charge >= 0.3 is 0 Å². The molecule has 7 aromatic carbocycles. The van der Waals surface area contributed by atoms with Crippen LogP contribution in [0, 0.1) is 0 Å². The minimum absolute atomic E-state index is 0.138. The van der Waals surface area contributed by atoms with Gasteiger partial charge in [0.15, 0.2) is 0 Å². The van der Waals surface area contributed by atoms with E-state index in [1.165, 1.54) is 33.6 Å². The van der Waals surface area contributed by atoms with Gasteiger partial charge in [-0.3, -0.25) is 0 Å². The lowest BCUT2D eigenvalue weighted by Crippen LogP contribution is -2.32. The molecule has 2 aliphatic rings. The minimum atomic E-state index is -3.61. The Morgan fingerprint density at radius 2 is 0.811 bits per heavy atom. The molecule has 260 valence electrons. The number of rotatable bonds is 5. The van der Waals surface area contributed by atoms with Crippen molar-refractivity contribution < 1.29 is 8.42 Å². The Bertz CT molecular complexity index is 2580. The van der Waals surface area contributed by atoms with Crippen LogP contribution >= 0.6 is 0 Å². The zero-order valence-corrected chi connectivity index (χ0v) is 31.1. The van der Waals surface area contributed by atoms with Gasteiger partial charge in [0.05, 0.1) is 32.5 Å². The quantitative estimate of drug-likeness (QED) is 0.178. The van der Waals surface area contributed by atoms with E-state index in [-0.39, 0.29) is 15.7 Å². The van der Waals surface area contributed by atoms with Crippen LogP contribution < -0.4 is 9.80 Å². The SMILES string of the molecule is CC1(C)c2ccccc2N(c2ccc3c(c2)C(C)(C)c2cc(-c4ccc(S(=O)(=O)c5ccccc5)cc4)ccc2N3c2ccccc2)c2ccccc21. The zero-order chi connectivity index (χ0) is 36.5. The predicted octanol–water partition coefficient (Wildman–Crippen LogP) is 12.4. The van der Waals surface area contributed by atoms with E-state index in [4.69, 9.17) is 0 Å². The Balaban J connectivity index is 1.19. The summed E-state index contributed by atoms with van der Waals surface area (Å²) in [6, 6.07) is 57.6. The van der Waals surface area contributed by atoms with Crippen LogP contribution in [0.15, 0.2) is 180 Å². The molecule has 9 rings (SSSR count). The molecule has 7 aromatic rings. The van der Waals surface area contributed by atoms with Gasteiger partial charge in [-0.2, -0.15) is 0 Å². The summed E-state index contributed by atoms with van der Waals surface area (Å²) in [4.78, 5) is 5.38. The third-order valence-corrected chi connectivity index (χ3v) is 13.1. The number of sulfone groups is 1. The van der Waals surface area contributed by atoms with E-state index in [1.807, 2.05) is 18.2 Å². The molecule has 0 aromatic heterocycles. The van der Waals surface area contributed by atoms with Crippen LogP contribution in [0.3, 0.4) is 0 Å². The van der Waals surface area contributed by atoms with E-state index in [2.05, 4.69) is 153 Å². The first-order chi connectivity index (χ1) is 25.6. The molecule has 0 spiro atoms. The van der Waals surface area contributed by atoms with Gasteiger partial charge < -0.3 is 9.80 Å². The second-order valence-corrected chi connectivity index (χ2v) is 17.0. The summed E-state index contributed by atoms with van der Waals surface area (Å²) < 4.78 is 26.7. The molecule has 0 aliphatic carbocycles. The average Bonchev–Trinajstić information content (AvgIpc) is 3.19. The normalized spacial score (nSPS) is 15.2. The molecule has 5 heteroatoms. The van der Waals surface area contributed by atoms with Crippen molar-refractivity contribution in [2.75, 3.05) is 9.80 Å². The fourth-order valence-corrected chi connectivity index (χ4v) is 9.69. The van der Waals surface area contributed by atoms with Crippen LogP contribution in [0.25, 0.3) is 11.1 Å². The van der Waals surface area contributed by atoms with Gasteiger partial charge in [-0.1, -0.05) is 119 Å². The second-order valence-electron chi connectivity index (χ2n) is 15.1. The average molecular weight is 709 g/mol. The third kappa shape index (κ3) is 5.14. The Labute approximate surface area is 312 Å². The van der Waals surface area contributed by atoms with E-state index < -0.39 is 9.84 Å². The number of para-hydroxylation sites is 3. The Kier molecular flexibility index (Phi) is 7.51. The highest BCUT2D eigenvalue weighted by molar-refractivity contribution is 7.91. The minimum Gasteiger partial charge on any atom is -0.310 e. The molecule has 0 saturated heterocycles. The van der Waals surface area contributed by atoms with Crippen molar-refractivity contribution in [3.05, 3.63) is 192 Å². The molecular formula is C48H40N2O2S. The summed E-state index contributed by atoms with van der Waals surface area (Å²) in [5, 5.41) is 0. The standard InChI is InChI=1S/C48H40N2O2S/c1-47(2)39-19-11-13-21-43(39)50(44-22-14-12-20-40(44)47)36-26-30-46-42(32-36)48(3,4)41-31-34(25-29-45(41)49(46)35-15-7-5-8-16-35)33-23-27-38(28-24-33)53(51,52)37-17-9-6-10-18-37/h5-32H,1-4H3. The fraction of sp³-hybridized carbons (Fsp3) is 0.125. The molecular weight excluding hydrogens is 669 g/mol. The van der Waals surface area contributed by atoms with Gasteiger partial charge in [0.1, 0.15) is 0 Å². The van der Waals surface area contributed by atoms with E-state index >= 15 is 0 Å². The summed E-state index contributed by atoms with van der Waals surface area (Å²) in [5.41, 5.74) is 13.4. The first-order valence-electron chi connectivity index (χ1n) is 18.1. The molecule has 0 unspecified atom stereocenters. The van der Waals surface area contributed by atoms with Crippen molar-refractivity contribution in [3.8, 4) is 11.1 Å². The van der Waals surface area contributed by atoms with Gasteiger partial charge in [-0.05, 0) is 112 Å². The second kappa shape index (κ2) is 12.1. The molecule has 53 heavy (non-hydrogen) atoms. The highest BCUT2D eigenvalue weighted by Gasteiger charge is 2.40. The Morgan fingerprint density at radius 1 is 0.377 bits per heavy atom. The topological polar surface area (TPSA) is 40.6 Å². The molecule has 0 atom stereocenters. The summed E-state index contributed by atoms with van der Waals surface area (Å²) >= 11 is 0. The van der Waals surface area contributed by atoms with Gasteiger partial charge in [0.25, 0.3) is 0 Å². The summed E-state index contributed by atoms with van der Waals surface area (Å²) in [6.07, 6.45) is 0. The van der Waals surface area contributed by atoms with Crippen LogP contribution in [0.1, 0.15) is 49.9 Å². The molecule has 0 N–H and O–H groups in total.